The van der Waals surface area contributed by atoms with Crippen LogP contribution >= 0.6 is 0 Å². The Labute approximate surface area is 91.4 Å². The van der Waals surface area contributed by atoms with Crippen molar-refractivity contribution in [2.24, 2.45) is 0 Å². The van der Waals surface area contributed by atoms with E-state index in [2.05, 4.69) is 10.1 Å². The predicted molar refractivity (Wildman–Crippen MR) is 54.0 cm³/mol. The number of hydrogen-bond donors (Lipinski definition) is 1. The lowest BCUT2D eigenvalue weighted by molar-refractivity contribution is -0.274. The second-order valence-electron chi connectivity index (χ2n) is 3.08. The van der Waals surface area contributed by atoms with Gasteiger partial charge in [-0.3, -0.25) is 0 Å². The smallest absolute Gasteiger partial charge is 0.573 e. The van der Waals surface area contributed by atoms with Crippen LogP contribution in [0, 0.1) is 0 Å². The van der Waals surface area contributed by atoms with Crippen LogP contribution in [0.2, 0.25) is 0 Å². The Kier molecular flexibility index (Phi) is 4.57. The third-order valence-electron chi connectivity index (χ3n) is 1.82. The minimum atomic E-state index is -4.68. The van der Waals surface area contributed by atoms with E-state index in [0.717, 1.165) is 0 Å². The molecule has 90 valence electrons. The van der Waals surface area contributed by atoms with Crippen molar-refractivity contribution in [1.29, 1.82) is 0 Å². The van der Waals surface area contributed by atoms with Gasteiger partial charge in [0.1, 0.15) is 5.75 Å². The van der Waals surface area contributed by atoms with Gasteiger partial charge in [0.2, 0.25) is 0 Å². The second kappa shape index (κ2) is 5.72. The fraction of sp³-hybridized carbons (Fsp3) is 0.400. The number of rotatable bonds is 5. The van der Waals surface area contributed by atoms with Gasteiger partial charge >= 0.3 is 6.36 Å². The number of benzene rings is 1. The summed E-state index contributed by atoms with van der Waals surface area (Å²) in [5, 5.41) is 2.84. The SMILES string of the molecule is [NH-]CCNCc1ccccc1OC(F)(F)F. The van der Waals surface area contributed by atoms with Crippen LogP contribution in [0.4, 0.5) is 13.2 Å². The summed E-state index contributed by atoms with van der Waals surface area (Å²) in [6, 6.07) is 5.94. The first-order valence-corrected chi connectivity index (χ1v) is 4.72. The molecule has 0 amide bonds. The lowest BCUT2D eigenvalue weighted by Gasteiger charge is -2.13. The molecule has 0 fully saturated rings. The highest BCUT2D eigenvalue weighted by Gasteiger charge is 2.31. The van der Waals surface area contributed by atoms with Crippen LogP contribution in [0.5, 0.6) is 5.75 Å². The average molecular weight is 233 g/mol. The highest BCUT2D eigenvalue weighted by Crippen LogP contribution is 2.25. The van der Waals surface area contributed by atoms with Gasteiger partial charge in [0.25, 0.3) is 0 Å². The maximum absolute atomic E-state index is 12.0. The van der Waals surface area contributed by atoms with Gasteiger partial charge in [-0.2, -0.15) is 0 Å². The molecule has 1 rings (SSSR count). The number of para-hydroxylation sites is 1. The molecular weight excluding hydrogens is 221 g/mol. The van der Waals surface area contributed by atoms with E-state index in [1.54, 1.807) is 12.1 Å². The van der Waals surface area contributed by atoms with Gasteiger partial charge < -0.3 is 15.8 Å². The summed E-state index contributed by atoms with van der Waals surface area (Å²) in [4.78, 5) is 0. The standard InChI is InChI=1S/C10H12F3N2O/c11-10(12,13)16-9-4-2-1-3-8(9)7-15-6-5-14/h1-4,14-15H,5-7H2/q-1. The molecule has 2 N–H and O–H groups in total. The number of ether oxygens (including phenoxy) is 1. The monoisotopic (exact) mass is 233 g/mol. The normalized spacial score (nSPS) is 11.5. The minimum absolute atomic E-state index is 0.183. The molecule has 1 aromatic carbocycles. The van der Waals surface area contributed by atoms with Crippen molar-refractivity contribution >= 4 is 0 Å². The van der Waals surface area contributed by atoms with E-state index in [1.165, 1.54) is 12.1 Å². The van der Waals surface area contributed by atoms with Gasteiger partial charge in [-0.1, -0.05) is 18.2 Å². The number of halogens is 3. The predicted octanol–water partition coefficient (Wildman–Crippen LogP) is 2.73. The van der Waals surface area contributed by atoms with Crippen molar-refractivity contribution in [2.75, 3.05) is 13.1 Å². The minimum Gasteiger partial charge on any atom is -0.676 e. The van der Waals surface area contributed by atoms with Crippen LogP contribution in [0.3, 0.4) is 0 Å². The fourth-order valence-corrected chi connectivity index (χ4v) is 1.19. The fourth-order valence-electron chi connectivity index (χ4n) is 1.19. The molecule has 0 bridgehead atoms. The zero-order valence-corrected chi connectivity index (χ0v) is 8.47. The summed E-state index contributed by atoms with van der Waals surface area (Å²) >= 11 is 0. The molecule has 0 heterocycles. The molecule has 1 aromatic rings. The van der Waals surface area contributed by atoms with Crippen molar-refractivity contribution in [2.45, 2.75) is 12.9 Å². The Hall–Kier alpha value is -1.27. The van der Waals surface area contributed by atoms with E-state index in [-0.39, 0.29) is 18.8 Å². The van der Waals surface area contributed by atoms with E-state index in [1.807, 2.05) is 0 Å². The first kappa shape index (κ1) is 12.8. The molecule has 0 aliphatic rings. The van der Waals surface area contributed by atoms with Crippen molar-refractivity contribution in [3.8, 4) is 5.75 Å². The van der Waals surface area contributed by atoms with Crippen LogP contribution in [-0.4, -0.2) is 19.5 Å². The number of nitrogens with one attached hydrogen (secondary N) is 2. The van der Waals surface area contributed by atoms with Crippen LogP contribution in [0.1, 0.15) is 5.56 Å². The second-order valence-corrected chi connectivity index (χ2v) is 3.08. The maximum atomic E-state index is 12.0. The summed E-state index contributed by atoms with van der Waals surface area (Å²) in [6.45, 7) is 0.869. The summed E-state index contributed by atoms with van der Waals surface area (Å²) in [6.07, 6.45) is -4.68. The first-order chi connectivity index (χ1) is 7.53. The van der Waals surface area contributed by atoms with Crippen LogP contribution in [0.15, 0.2) is 24.3 Å². The highest BCUT2D eigenvalue weighted by atomic mass is 19.4. The van der Waals surface area contributed by atoms with E-state index >= 15 is 0 Å². The van der Waals surface area contributed by atoms with Crippen LogP contribution in [-0.2, 0) is 6.54 Å². The Morgan fingerprint density at radius 1 is 1.25 bits per heavy atom. The quantitative estimate of drug-likeness (QED) is 0.795. The molecule has 0 unspecified atom stereocenters. The summed E-state index contributed by atoms with van der Waals surface area (Å²) in [7, 11) is 0. The summed E-state index contributed by atoms with van der Waals surface area (Å²) in [5.41, 5.74) is 7.32. The topological polar surface area (TPSA) is 45.1 Å². The molecule has 0 aliphatic carbocycles. The molecule has 0 saturated carbocycles. The molecule has 0 aromatic heterocycles. The third kappa shape index (κ3) is 4.50. The molecule has 3 nitrogen and oxygen atoms in total. The Morgan fingerprint density at radius 2 is 1.94 bits per heavy atom. The molecule has 6 heteroatoms. The molecule has 0 radical (unpaired) electrons. The van der Waals surface area contributed by atoms with E-state index in [0.29, 0.717) is 12.1 Å². The van der Waals surface area contributed by atoms with Crippen molar-refractivity contribution in [1.82, 2.24) is 5.32 Å². The van der Waals surface area contributed by atoms with Crippen molar-refractivity contribution in [3.05, 3.63) is 35.6 Å². The first-order valence-electron chi connectivity index (χ1n) is 4.72. The molecule has 0 aliphatic heterocycles. The zero-order valence-electron chi connectivity index (χ0n) is 8.47. The molecule has 16 heavy (non-hydrogen) atoms. The van der Waals surface area contributed by atoms with Gasteiger partial charge in [0, 0.05) is 12.1 Å². The van der Waals surface area contributed by atoms with E-state index < -0.39 is 6.36 Å². The van der Waals surface area contributed by atoms with Gasteiger partial charge in [-0.15, -0.1) is 19.7 Å². The zero-order chi connectivity index (χ0) is 12.0. The van der Waals surface area contributed by atoms with E-state index in [4.69, 9.17) is 5.73 Å². The summed E-state index contributed by atoms with van der Waals surface area (Å²) < 4.78 is 40.0. The lowest BCUT2D eigenvalue weighted by atomic mass is 10.2. The third-order valence-corrected chi connectivity index (χ3v) is 1.82. The largest absolute Gasteiger partial charge is 0.676 e. The Balaban J connectivity index is 2.68. The number of hydrogen-bond acceptors (Lipinski definition) is 2. The van der Waals surface area contributed by atoms with Gasteiger partial charge in [-0.25, -0.2) is 0 Å². The number of alkyl halides is 3. The van der Waals surface area contributed by atoms with E-state index in [9.17, 15) is 13.2 Å². The van der Waals surface area contributed by atoms with Crippen molar-refractivity contribution < 1.29 is 17.9 Å². The van der Waals surface area contributed by atoms with Crippen molar-refractivity contribution in [3.63, 3.8) is 0 Å². The van der Waals surface area contributed by atoms with Gasteiger partial charge in [0.05, 0.1) is 0 Å². The van der Waals surface area contributed by atoms with Gasteiger partial charge in [-0.05, 0) is 12.6 Å². The van der Waals surface area contributed by atoms with Gasteiger partial charge in [0.15, 0.2) is 0 Å². The average Bonchev–Trinajstić information content (AvgIpc) is 2.19. The molecule has 0 saturated heterocycles. The molecular formula is C10H12F3N2O-. The molecule has 0 spiro atoms. The van der Waals surface area contributed by atoms with Crippen LogP contribution in [0.25, 0.3) is 5.73 Å². The lowest BCUT2D eigenvalue weighted by Crippen LogP contribution is -2.21. The Bertz CT molecular complexity index is 328. The Morgan fingerprint density at radius 3 is 2.56 bits per heavy atom. The highest BCUT2D eigenvalue weighted by molar-refractivity contribution is 5.33. The molecule has 0 atom stereocenters. The maximum Gasteiger partial charge on any atom is 0.573 e. The van der Waals surface area contributed by atoms with Crippen LogP contribution < -0.4 is 10.1 Å². The summed E-state index contributed by atoms with van der Waals surface area (Å²) in [5.74, 6) is -0.201.